The maximum atomic E-state index is 12.4. The molecule has 0 spiro atoms. The van der Waals surface area contributed by atoms with E-state index in [0.717, 1.165) is 5.56 Å². The summed E-state index contributed by atoms with van der Waals surface area (Å²) in [4.78, 5) is 23.9. The SMILES string of the molecule is COc1cc(CSc2nnnn2C)ccc1C(=O)OC1=CC(=O)CCC1. The minimum Gasteiger partial charge on any atom is -0.496 e. The zero-order valence-electron chi connectivity index (χ0n) is 14.5. The average Bonchev–Trinajstić information content (AvgIpc) is 3.04. The van der Waals surface area contributed by atoms with Gasteiger partial charge in [0.15, 0.2) is 5.78 Å². The third-order valence-corrected chi connectivity index (χ3v) is 4.91. The summed E-state index contributed by atoms with van der Waals surface area (Å²) in [5.41, 5.74) is 1.28. The van der Waals surface area contributed by atoms with Gasteiger partial charge in [-0.15, -0.1) is 5.10 Å². The van der Waals surface area contributed by atoms with Crippen LogP contribution in [0.4, 0.5) is 0 Å². The zero-order valence-corrected chi connectivity index (χ0v) is 15.3. The van der Waals surface area contributed by atoms with E-state index in [9.17, 15) is 9.59 Å². The number of ketones is 1. The Bertz CT molecular complexity index is 862. The van der Waals surface area contributed by atoms with Gasteiger partial charge in [0, 0.05) is 31.7 Å². The van der Waals surface area contributed by atoms with Gasteiger partial charge in [0.1, 0.15) is 17.1 Å². The lowest BCUT2D eigenvalue weighted by Gasteiger charge is -2.14. The van der Waals surface area contributed by atoms with Crippen molar-refractivity contribution in [2.24, 2.45) is 7.05 Å². The molecule has 1 aromatic heterocycles. The molecule has 1 heterocycles. The van der Waals surface area contributed by atoms with E-state index in [1.54, 1.807) is 23.9 Å². The molecular formula is C17H18N4O4S. The van der Waals surface area contributed by atoms with Crippen molar-refractivity contribution in [1.82, 2.24) is 20.2 Å². The van der Waals surface area contributed by atoms with E-state index >= 15 is 0 Å². The molecule has 9 heteroatoms. The summed E-state index contributed by atoms with van der Waals surface area (Å²) in [6.07, 6.45) is 3.17. The molecule has 136 valence electrons. The van der Waals surface area contributed by atoms with Crippen molar-refractivity contribution >= 4 is 23.5 Å². The fourth-order valence-electron chi connectivity index (χ4n) is 2.50. The van der Waals surface area contributed by atoms with E-state index in [1.807, 2.05) is 6.07 Å². The molecule has 1 aliphatic carbocycles. The number of benzene rings is 1. The van der Waals surface area contributed by atoms with Gasteiger partial charge in [-0.1, -0.05) is 17.8 Å². The number of methoxy groups -OCH3 is 1. The lowest BCUT2D eigenvalue weighted by molar-refractivity contribution is -0.115. The zero-order chi connectivity index (χ0) is 18.5. The minimum atomic E-state index is -0.528. The van der Waals surface area contributed by atoms with E-state index in [4.69, 9.17) is 9.47 Å². The van der Waals surface area contributed by atoms with Gasteiger partial charge in [-0.2, -0.15) is 0 Å². The topological polar surface area (TPSA) is 96.2 Å². The Kier molecular flexibility index (Phi) is 5.67. The molecule has 2 aromatic rings. The number of carbonyl (C=O) groups excluding carboxylic acids is 2. The normalized spacial score (nSPS) is 14.1. The van der Waals surface area contributed by atoms with E-state index in [-0.39, 0.29) is 5.78 Å². The van der Waals surface area contributed by atoms with Crippen molar-refractivity contribution in [1.29, 1.82) is 0 Å². The summed E-state index contributed by atoms with van der Waals surface area (Å²) in [7, 11) is 3.27. The van der Waals surface area contributed by atoms with E-state index in [0.29, 0.717) is 47.2 Å². The third kappa shape index (κ3) is 4.29. The van der Waals surface area contributed by atoms with Gasteiger partial charge in [0.25, 0.3) is 0 Å². The number of carbonyl (C=O) groups is 2. The number of hydrogen-bond donors (Lipinski definition) is 0. The summed E-state index contributed by atoms with van der Waals surface area (Å²) in [6, 6.07) is 5.28. The fourth-order valence-corrected chi connectivity index (χ4v) is 3.29. The molecule has 8 nitrogen and oxygen atoms in total. The van der Waals surface area contributed by atoms with Crippen LogP contribution in [0, 0.1) is 0 Å². The Balaban J connectivity index is 1.70. The van der Waals surface area contributed by atoms with Gasteiger partial charge in [-0.3, -0.25) is 4.79 Å². The third-order valence-electron chi connectivity index (χ3n) is 3.83. The summed E-state index contributed by atoms with van der Waals surface area (Å²) in [5, 5.41) is 12.0. The number of aryl methyl sites for hydroxylation is 1. The Morgan fingerprint density at radius 1 is 1.35 bits per heavy atom. The van der Waals surface area contributed by atoms with Crippen LogP contribution in [0.2, 0.25) is 0 Å². The lowest BCUT2D eigenvalue weighted by atomic mass is 10.1. The number of aromatic nitrogens is 4. The van der Waals surface area contributed by atoms with Gasteiger partial charge in [-0.25, -0.2) is 9.48 Å². The second-order valence-corrected chi connectivity index (χ2v) is 6.67. The van der Waals surface area contributed by atoms with Gasteiger partial charge in [0.2, 0.25) is 5.16 Å². The quantitative estimate of drug-likeness (QED) is 0.561. The Hall–Kier alpha value is -2.68. The Labute approximate surface area is 154 Å². The number of rotatable bonds is 6. The summed E-state index contributed by atoms with van der Waals surface area (Å²) in [5.74, 6) is 0.908. The van der Waals surface area contributed by atoms with E-state index in [1.165, 1.54) is 24.9 Å². The number of hydrogen-bond acceptors (Lipinski definition) is 8. The summed E-state index contributed by atoms with van der Waals surface area (Å²) in [6.45, 7) is 0. The maximum absolute atomic E-state index is 12.4. The highest BCUT2D eigenvalue weighted by Crippen LogP contribution is 2.27. The van der Waals surface area contributed by atoms with Crippen molar-refractivity contribution in [2.75, 3.05) is 7.11 Å². The number of esters is 1. The molecule has 0 saturated heterocycles. The first-order chi connectivity index (χ1) is 12.6. The molecule has 0 aliphatic heterocycles. The monoisotopic (exact) mass is 374 g/mol. The van der Waals surface area contributed by atoms with Crippen molar-refractivity contribution in [3.8, 4) is 5.75 Å². The molecule has 3 rings (SSSR count). The smallest absolute Gasteiger partial charge is 0.347 e. The first-order valence-corrected chi connectivity index (χ1v) is 9.03. The highest BCUT2D eigenvalue weighted by atomic mass is 32.2. The van der Waals surface area contributed by atoms with Crippen LogP contribution in [0.3, 0.4) is 0 Å². The molecule has 0 radical (unpaired) electrons. The van der Waals surface area contributed by atoms with Gasteiger partial charge >= 0.3 is 5.97 Å². The minimum absolute atomic E-state index is 0.0170. The number of tetrazole rings is 1. The van der Waals surface area contributed by atoms with Crippen LogP contribution in [-0.2, 0) is 22.3 Å². The van der Waals surface area contributed by atoms with Crippen molar-refractivity contribution in [2.45, 2.75) is 30.2 Å². The maximum Gasteiger partial charge on any atom is 0.347 e. The average molecular weight is 374 g/mol. The largest absolute Gasteiger partial charge is 0.496 e. The van der Waals surface area contributed by atoms with Crippen LogP contribution in [0.25, 0.3) is 0 Å². The Morgan fingerprint density at radius 3 is 2.88 bits per heavy atom. The fraction of sp³-hybridized carbons (Fsp3) is 0.353. The number of thioether (sulfide) groups is 1. The van der Waals surface area contributed by atoms with E-state index < -0.39 is 5.97 Å². The van der Waals surface area contributed by atoms with Crippen LogP contribution < -0.4 is 4.74 Å². The molecule has 0 fully saturated rings. The molecule has 0 N–H and O–H groups in total. The lowest BCUT2D eigenvalue weighted by Crippen LogP contribution is -2.11. The molecule has 0 saturated carbocycles. The molecule has 0 amide bonds. The first-order valence-electron chi connectivity index (χ1n) is 8.04. The van der Waals surface area contributed by atoms with Gasteiger partial charge < -0.3 is 9.47 Å². The van der Waals surface area contributed by atoms with Crippen LogP contribution in [-0.4, -0.2) is 39.1 Å². The second-order valence-electron chi connectivity index (χ2n) is 5.73. The number of allylic oxidation sites excluding steroid dienone is 2. The molecule has 0 bridgehead atoms. The second kappa shape index (κ2) is 8.13. The van der Waals surface area contributed by atoms with Crippen molar-refractivity contribution in [3.63, 3.8) is 0 Å². The van der Waals surface area contributed by atoms with E-state index in [2.05, 4.69) is 15.5 Å². The predicted molar refractivity (Wildman–Crippen MR) is 93.7 cm³/mol. The predicted octanol–water partition coefficient (Wildman–Crippen LogP) is 2.30. The standard InChI is InChI=1S/C17H18N4O4S/c1-21-17(18-19-20-21)26-10-11-6-7-14(15(8-11)24-2)16(23)25-13-5-3-4-12(22)9-13/h6-9H,3-5,10H2,1-2H3. The highest BCUT2D eigenvalue weighted by Gasteiger charge is 2.19. The van der Waals surface area contributed by atoms with Crippen LogP contribution in [0.1, 0.15) is 35.2 Å². The van der Waals surface area contributed by atoms with Crippen molar-refractivity contribution in [3.05, 3.63) is 41.2 Å². The van der Waals surface area contributed by atoms with Gasteiger partial charge in [-0.05, 0) is 34.5 Å². The molecular weight excluding hydrogens is 356 g/mol. The molecule has 1 aromatic carbocycles. The van der Waals surface area contributed by atoms with Crippen LogP contribution >= 0.6 is 11.8 Å². The summed E-state index contributed by atoms with van der Waals surface area (Å²) >= 11 is 1.48. The van der Waals surface area contributed by atoms with Crippen LogP contribution in [0.15, 0.2) is 35.2 Å². The molecule has 0 atom stereocenters. The highest BCUT2D eigenvalue weighted by molar-refractivity contribution is 7.98. The molecule has 0 unspecified atom stereocenters. The summed E-state index contributed by atoms with van der Waals surface area (Å²) < 4.78 is 12.3. The molecule has 26 heavy (non-hydrogen) atoms. The van der Waals surface area contributed by atoms with Crippen LogP contribution in [0.5, 0.6) is 5.75 Å². The number of ether oxygens (including phenoxy) is 2. The molecule has 1 aliphatic rings. The first kappa shape index (κ1) is 18.1. The van der Waals surface area contributed by atoms with Crippen molar-refractivity contribution < 1.29 is 19.1 Å². The van der Waals surface area contributed by atoms with Gasteiger partial charge in [0.05, 0.1) is 7.11 Å². The Morgan fingerprint density at radius 2 is 2.19 bits per heavy atom. The number of nitrogens with zero attached hydrogens (tertiary/aromatic N) is 4.